The number of rotatable bonds is 9. The summed E-state index contributed by atoms with van der Waals surface area (Å²) in [5.74, 6) is 0.264. The van der Waals surface area contributed by atoms with E-state index in [-0.39, 0.29) is 30.3 Å². The second-order valence-corrected chi connectivity index (χ2v) is 6.20. The molecule has 2 heterocycles. The number of carbonyl (C=O) groups excluding carboxylic acids is 2. The van der Waals surface area contributed by atoms with E-state index in [1.165, 1.54) is 4.90 Å². The van der Waals surface area contributed by atoms with Crippen LogP contribution in [0, 0.1) is 0 Å². The van der Waals surface area contributed by atoms with Crippen LogP contribution in [0.4, 0.5) is 0 Å². The topological polar surface area (TPSA) is 63.0 Å². The molecule has 1 fully saturated rings. The summed E-state index contributed by atoms with van der Waals surface area (Å²) in [6.07, 6.45) is 4.37. The molecule has 2 rings (SSSR count). The Bertz CT molecular complexity index is 515. The predicted octanol–water partition coefficient (Wildman–Crippen LogP) is 2.26. The van der Waals surface area contributed by atoms with Crippen molar-refractivity contribution in [3.8, 4) is 0 Å². The Kier molecular flexibility index (Phi) is 7.59. The molecule has 6 nitrogen and oxygen atoms in total. The number of halogens is 1. The quantitative estimate of drug-likeness (QED) is 0.637. The highest BCUT2D eigenvalue weighted by Gasteiger charge is 2.25. The number of alkyl halides is 1. The van der Waals surface area contributed by atoms with Crippen LogP contribution < -0.4 is 0 Å². The molecule has 1 aromatic rings. The zero-order valence-corrected chi connectivity index (χ0v) is 14.8. The summed E-state index contributed by atoms with van der Waals surface area (Å²) in [7, 11) is 0. The van der Waals surface area contributed by atoms with Gasteiger partial charge in [-0.3, -0.25) is 9.59 Å². The molecule has 2 amide bonds. The summed E-state index contributed by atoms with van der Waals surface area (Å²) < 4.78 is 11.0. The Balaban J connectivity index is 2.02. The molecule has 1 aromatic heterocycles. The molecule has 1 saturated heterocycles. The zero-order chi connectivity index (χ0) is 17.4. The molecule has 0 bridgehead atoms. The monoisotopic (exact) mass is 356 g/mol. The number of hydrogen-bond acceptors (Lipinski definition) is 4. The van der Waals surface area contributed by atoms with Crippen molar-refractivity contribution in [2.45, 2.75) is 38.8 Å². The van der Waals surface area contributed by atoms with Crippen LogP contribution in [0.2, 0.25) is 0 Å². The number of amides is 2. The van der Waals surface area contributed by atoms with Gasteiger partial charge in [-0.05, 0) is 31.4 Å². The molecule has 134 valence electrons. The number of furan rings is 1. The highest BCUT2D eigenvalue weighted by molar-refractivity contribution is 6.27. The fourth-order valence-corrected chi connectivity index (χ4v) is 2.96. The third-order valence-electron chi connectivity index (χ3n) is 4.01. The van der Waals surface area contributed by atoms with Crippen LogP contribution in [0.1, 0.15) is 31.9 Å². The lowest BCUT2D eigenvalue weighted by Crippen LogP contribution is -2.45. The van der Waals surface area contributed by atoms with Crippen molar-refractivity contribution < 1.29 is 18.7 Å². The first-order valence-corrected chi connectivity index (χ1v) is 8.93. The van der Waals surface area contributed by atoms with Crippen molar-refractivity contribution in [1.29, 1.82) is 0 Å². The van der Waals surface area contributed by atoms with Crippen molar-refractivity contribution >= 4 is 23.4 Å². The molecule has 0 spiro atoms. The van der Waals surface area contributed by atoms with Crippen LogP contribution in [-0.2, 0) is 20.9 Å². The third-order valence-corrected chi connectivity index (χ3v) is 4.24. The lowest BCUT2D eigenvalue weighted by atomic mass is 10.2. The molecule has 0 radical (unpaired) electrons. The minimum absolute atomic E-state index is 0.0345. The maximum absolute atomic E-state index is 12.8. The van der Waals surface area contributed by atoms with E-state index in [1.807, 2.05) is 13.0 Å². The van der Waals surface area contributed by atoms with Gasteiger partial charge in [0.05, 0.1) is 25.5 Å². The average molecular weight is 357 g/mol. The summed E-state index contributed by atoms with van der Waals surface area (Å²) in [4.78, 5) is 27.9. The van der Waals surface area contributed by atoms with Gasteiger partial charge in [0, 0.05) is 19.7 Å². The van der Waals surface area contributed by atoms with Crippen LogP contribution in [0.5, 0.6) is 0 Å². The van der Waals surface area contributed by atoms with E-state index < -0.39 is 0 Å². The van der Waals surface area contributed by atoms with Gasteiger partial charge in [0.2, 0.25) is 11.8 Å². The first-order chi connectivity index (χ1) is 11.6. The fourth-order valence-electron chi connectivity index (χ4n) is 2.79. The molecule has 24 heavy (non-hydrogen) atoms. The first-order valence-electron chi connectivity index (χ1n) is 8.39. The van der Waals surface area contributed by atoms with Gasteiger partial charge in [-0.1, -0.05) is 6.92 Å². The molecule has 1 atom stereocenters. The van der Waals surface area contributed by atoms with E-state index in [1.54, 1.807) is 17.2 Å². The second kappa shape index (κ2) is 9.69. The lowest BCUT2D eigenvalue weighted by molar-refractivity contribution is -0.140. The molecule has 1 aliphatic rings. The molecule has 0 aromatic carbocycles. The smallest absolute Gasteiger partial charge is 0.242 e. The Labute approximate surface area is 147 Å². The van der Waals surface area contributed by atoms with Gasteiger partial charge in [0.1, 0.15) is 11.6 Å². The first kappa shape index (κ1) is 18.8. The van der Waals surface area contributed by atoms with Crippen molar-refractivity contribution in [2.75, 3.05) is 32.1 Å². The zero-order valence-electron chi connectivity index (χ0n) is 14.1. The summed E-state index contributed by atoms with van der Waals surface area (Å²) in [5, 5.41) is 0. The van der Waals surface area contributed by atoms with E-state index >= 15 is 0 Å². The average Bonchev–Trinajstić information content (AvgIpc) is 3.26. The summed E-state index contributed by atoms with van der Waals surface area (Å²) >= 11 is 5.65. The molecule has 0 saturated carbocycles. The minimum Gasteiger partial charge on any atom is -0.467 e. The highest BCUT2D eigenvalue weighted by Crippen LogP contribution is 2.16. The highest BCUT2D eigenvalue weighted by atomic mass is 35.5. The maximum Gasteiger partial charge on any atom is 0.242 e. The van der Waals surface area contributed by atoms with Gasteiger partial charge in [-0.15, -0.1) is 11.6 Å². The van der Waals surface area contributed by atoms with Crippen LogP contribution in [-0.4, -0.2) is 59.8 Å². The molecule has 1 aliphatic heterocycles. The standard InChI is InChI=1S/C17H25ClN2O4/c1-2-7-19(16(21)10-18)13-17(22)20(11-14-5-3-8-23-14)12-15-6-4-9-24-15/h3,5,8,15H,2,4,6-7,9-13H2,1H3/t15-/m1/s1. The molecule has 0 aliphatic carbocycles. The summed E-state index contributed by atoms with van der Waals surface area (Å²) in [5.41, 5.74) is 0. The number of hydrogen-bond donors (Lipinski definition) is 0. The third kappa shape index (κ3) is 5.53. The van der Waals surface area contributed by atoms with Crippen LogP contribution in [0.15, 0.2) is 22.8 Å². The van der Waals surface area contributed by atoms with Gasteiger partial charge < -0.3 is 19.0 Å². The molecule has 7 heteroatoms. The van der Waals surface area contributed by atoms with E-state index in [2.05, 4.69) is 0 Å². The van der Waals surface area contributed by atoms with Crippen molar-refractivity contribution in [2.24, 2.45) is 0 Å². The normalized spacial score (nSPS) is 17.0. The van der Waals surface area contributed by atoms with E-state index in [4.69, 9.17) is 20.8 Å². The van der Waals surface area contributed by atoms with Gasteiger partial charge >= 0.3 is 0 Å². The number of carbonyl (C=O) groups is 2. The lowest BCUT2D eigenvalue weighted by Gasteiger charge is -2.28. The predicted molar refractivity (Wildman–Crippen MR) is 90.7 cm³/mol. The summed E-state index contributed by atoms with van der Waals surface area (Å²) in [6, 6.07) is 3.63. The molecule has 0 unspecified atom stereocenters. The van der Waals surface area contributed by atoms with Gasteiger partial charge in [-0.25, -0.2) is 0 Å². The van der Waals surface area contributed by atoms with Crippen LogP contribution >= 0.6 is 11.6 Å². The Hall–Kier alpha value is -1.53. The maximum atomic E-state index is 12.8. The largest absolute Gasteiger partial charge is 0.467 e. The van der Waals surface area contributed by atoms with Crippen molar-refractivity contribution in [3.05, 3.63) is 24.2 Å². The van der Waals surface area contributed by atoms with Gasteiger partial charge in [-0.2, -0.15) is 0 Å². The Morgan fingerprint density at radius 2 is 2.17 bits per heavy atom. The Morgan fingerprint density at radius 3 is 2.75 bits per heavy atom. The SMILES string of the molecule is CCCN(CC(=O)N(Cc1ccco1)C[C@H]1CCCO1)C(=O)CCl. The van der Waals surface area contributed by atoms with Crippen molar-refractivity contribution in [1.82, 2.24) is 9.80 Å². The van der Waals surface area contributed by atoms with E-state index in [0.717, 1.165) is 25.9 Å². The molecular formula is C17H25ClN2O4. The second-order valence-electron chi connectivity index (χ2n) is 5.94. The Morgan fingerprint density at radius 1 is 1.33 bits per heavy atom. The number of nitrogens with zero attached hydrogens (tertiary/aromatic N) is 2. The van der Waals surface area contributed by atoms with E-state index in [0.29, 0.717) is 25.4 Å². The summed E-state index contributed by atoms with van der Waals surface area (Å²) in [6.45, 7) is 4.14. The van der Waals surface area contributed by atoms with Crippen LogP contribution in [0.25, 0.3) is 0 Å². The van der Waals surface area contributed by atoms with Crippen molar-refractivity contribution in [3.63, 3.8) is 0 Å². The molecule has 0 N–H and O–H groups in total. The van der Waals surface area contributed by atoms with Gasteiger partial charge in [0.15, 0.2) is 0 Å². The fraction of sp³-hybridized carbons (Fsp3) is 0.647. The number of ether oxygens (including phenoxy) is 1. The van der Waals surface area contributed by atoms with E-state index in [9.17, 15) is 9.59 Å². The molecular weight excluding hydrogens is 332 g/mol. The van der Waals surface area contributed by atoms with Crippen LogP contribution in [0.3, 0.4) is 0 Å². The minimum atomic E-state index is -0.220. The van der Waals surface area contributed by atoms with Gasteiger partial charge in [0.25, 0.3) is 0 Å².